The summed E-state index contributed by atoms with van der Waals surface area (Å²) in [5.74, 6) is 0.362. The van der Waals surface area contributed by atoms with Crippen molar-refractivity contribution in [2.45, 2.75) is 13.8 Å². The molecule has 1 heteroatoms. The van der Waals surface area contributed by atoms with Crippen molar-refractivity contribution in [3.05, 3.63) is 41.5 Å². The van der Waals surface area contributed by atoms with Gasteiger partial charge in [-0.25, -0.2) is 0 Å². The maximum Gasteiger partial charge on any atom is 0.123 e. The monoisotopic (exact) mass is 172 g/mol. The van der Waals surface area contributed by atoms with Crippen LogP contribution in [0, 0.1) is 13.8 Å². The molecule has 0 fully saturated rings. The van der Waals surface area contributed by atoms with Crippen molar-refractivity contribution < 1.29 is 5.11 Å². The van der Waals surface area contributed by atoms with Crippen LogP contribution in [0.5, 0.6) is 5.75 Å². The van der Waals surface area contributed by atoms with Crippen LogP contribution in [0.3, 0.4) is 0 Å². The van der Waals surface area contributed by atoms with Crippen molar-refractivity contribution in [1.29, 1.82) is 0 Å². The quantitative estimate of drug-likeness (QED) is 0.647. The third kappa shape index (κ3) is 1.17. The Bertz CT molecular complexity index is 458. The second-order valence-corrected chi connectivity index (χ2v) is 3.38. The highest BCUT2D eigenvalue weighted by atomic mass is 16.3. The number of aromatic hydroxyl groups is 1. The number of fused-ring (bicyclic) bond motifs is 1. The van der Waals surface area contributed by atoms with Gasteiger partial charge in [0, 0.05) is 5.39 Å². The molecule has 0 spiro atoms. The molecule has 0 atom stereocenters. The number of benzene rings is 2. The standard InChI is InChI=1S/C12H12O/c1-8-6-7-11-10(9(8)2)4-3-5-12(11)13/h3-7,13H,1-2H3. The van der Waals surface area contributed by atoms with Gasteiger partial charge in [-0.15, -0.1) is 0 Å². The van der Waals surface area contributed by atoms with Gasteiger partial charge >= 0.3 is 0 Å². The van der Waals surface area contributed by atoms with Gasteiger partial charge in [0.2, 0.25) is 0 Å². The highest BCUT2D eigenvalue weighted by Crippen LogP contribution is 2.27. The second kappa shape index (κ2) is 2.77. The lowest BCUT2D eigenvalue weighted by Crippen LogP contribution is -1.83. The summed E-state index contributed by atoms with van der Waals surface area (Å²) in [4.78, 5) is 0. The van der Waals surface area contributed by atoms with Crippen LogP contribution in [0.25, 0.3) is 10.8 Å². The lowest BCUT2D eigenvalue weighted by Gasteiger charge is -2.06. The molecule has 0 aliphatic carbocycles. The lowest BCUT2D eigenvalue weighted by molar-refractivity contribution is 0.481. The highest BCUT2D eigenvalue weighted by Gasteiger charge is 2.02. The molecule has 0 aliphatic rings. The van der Waals surface area contributed by atoms with E-state index < -0.39 is 0 Å². The zero-order valence-electron chi connectivity index (χ0n) is 7.83. The van der Waals surface area contributed by atoms with E-state index in [1.54, 1.807) is 6.07 Å². The van der Waals surface area contributed by atoms with E-state index in [9.17, 15) is 5.11 Å². The van der Waals surface area contributed by atoms with Crippen LogP contribution in [0.1, 0.15) is 11.1 Å². The van der Waals surface area contributed by atoms with Crippen LogP contribution >= 0.6 is 0 Å². The van der Waals surface area contributed by atoms with Gasteiger partial charge in [0.15, 0.2) is 0 Å². The predicted molar refractivity (Wildman–Crippen MR) is 55.1 cm³/mol. The second-order valence-electron chi connectivity index (χ2n) is 3.38. The molecule has 0 saturated carbocycles. The highest BCUT2D eigenvalue weighted by molar-refractivity contribution is 5.91. The van der Waals surface area contributed by atoms with Crippen molar-refractivity contribution in [3.8, 4) is 5.75 Å². The molecule has 2 aromatic carbocycles. The van der Waals surface area contributed by atoms with E-state index >= 15 is 0 Å². The first-order chi connectivity index (χ1) is 6.20. The van der Waals surface area contributed by atoms with E-state index in [-0.39, 0.29) is 0 Å². The Labute approximate surface area is 77.6 Å². The Kier molecular flexibility index (Phi) is 1.73. The molecule has 13 heavy (non-hydrogen) atoms. The first kappa shape index (κ1) is 8.11. The normalized spacial score (nSPS) is 10.6. The molecular formula is C12H12O. The average Bonchev–Trinajstić information content (AvgIpc) is 2.12. The number of aryl methyl sites for hydroxylation is 2. The third-order valence-corrected chi connectivity index (χ3v) is 2.58. The third-order valence-electron chi connectivity index (χ3n) is 2.58. The zero-order chi connectivity index (χ0) is 9.42. The molecule has 0 bridgehead atoms. The number of rotatable bonds is 0. The fourth-order valence-electron chi connectivity index (χ4n) is 1.60. The van der Waals surface area contributed by atoms with Crippen LogP contribution in [0.2, 0.25) is 0 Å². The Hall–Kier alpha value is -1.50. The number of hydrogen-bond donors (Lipinski definition) is 1. The fourth-order valence-corrected chi connectivity index (χ4v) is 1.60. The van der Waals surface area contributed by atoms with Gasteiger partial charge in [-0.05, 0) is 36.4 Å². The van der Waals surface area contributed by atoms with E-state index in [0.717, 1.165) is 10.8 Å². The van der Waals surface area contributed by atoms with Crippen LogP contribution in [-0.4, -0.2) is 5.11 Å². The molecule has 1 N–H and O–H groups in total. The van der Waals surface area contributed by atoms with Crippen LogP contribution < -0.4 is 0 Å². The van der Waals surface area contributed by atoms with Gasteiger partial charge in [-0.3, -0.25) is 0 Å². The van der Waals surface area contributed by atoms with E-state index in [1.165, 1.54) is 11.1 Å². The van der Waals surface area contributed by atoms with Gasteiger partial charge in [0.05, 0.1) is 0 Å². The van der Waals surface area contributed by atoms with E-state index in [1.807, 2.05) is 24.3 Å². The minimum absolute atomic E-state index is 0.362. The van der Waals surface area contributed by atoms with Crippen LogP contribution in [-0.2, 0) is 0 Å². The minimum atomic E-state index is 0.362. The topological polar surface area (TPSA) is 20.2 Å². The van der Waals surface area contributed by atoms with Crippen molar-refractivity contribution in [2.24, 2.45) is 0 Å². The van der Waals surface area contributed by atoms with Crippen LogP contribution in [0.4, 0.5) is 0 Å². The summed E-state index contributed by atoms with van der Waals surface area (Å²) in [7, 11) is 0. The first-order valence-corrected chi connectivity index (χ1v) is 4.38. The molecule has 0 radical (unpaired) electrons. The predicted octanol–water partition coefficient (Wildman–Crippen LogP) is 3.16. The summed E-state index contributed by atoms with van der Waals surface area (Å²) in [6.07, 6.45) is 0. The maximum atomic E-state index is 9.59. The van der Waals surface area contributed by atoms with Gasteiger partial charge in [-0.1, -0.05) is 24.3 Å². The van der Waals surface area contributed by atoms with Gasteiger partial charge in [0.1, 0.15) is 5.75 Å². The van der Waals surface area contributed by atoms with Gasteiger partial charge in [0.25, 0.3) is 0 Å². The molecule has 66 valence electrons. The number of phenols is 1. The Balaban J connectivity index is 2.94. The zero-order valence-corrected chi connectivity index (χ0v) is 7.83. The van der Waals surface area contributed by atoms with E-state index in [0.29, 0.717) is 5.75 Å². The molecule has 0 unspecified atom stereocenters. The van der Waals surface area contributed by atoms with Crippen LogP contribution in [0.15, 0.2) is 30.3 Å². The van der Waals surface area contributed by atoms with Crippen molar-refractivity contribution in [3.63, 3.8) is 0 Å². The molecule has 1 nitrogen and oxygen atoms in total. The summed E-state index contributed by atoms with van der Waals surface area (Å²) in [6.45, 7) is 4.16. The molecule has 0 aromatic heterocycles. The molecular weight excluding hydrogens is 160 g/mol. The summed E-state index contributed by atoms with van der Waals surface area (Å²) in [5, 5.41) is 11.7. The van der Waals surface area contributed by atoms with Crippen molar-refractivity contribution in [2.75, 3.05) is 0 Å². The number of phenolic OH excluding ortho intramolecular Hbond substituents is 1. The first-order valence-electron chi connectivity index (χ1n) is 4.38. The van der Waals surface area contributed by atoms with E-state index in [2.05, 4.69) is 13.8 Å². The number of hydrogen-bond acceptors (Lipinski definition) is 1. The summed E-state index contributed by atoms with van der Waals surface area (Å²) in [6, 6.07) is 9.64. The Morgan fingerprint density at radius 2 is 1.69 bits per heavy atom. The summed E-state index contributed by atoms with van der Waals surface area (Å²) < 4.78 is 0. The largest absolute Gasteiger partial charge is 0.507 e. The summed E-state index contributed by atoms with van der Waals surface area (Å²) >= 11 is 0. The molecule has 0 heterocycles. The minimum Gasteiger partial charge on any atom is -0.507 e. The van der Waals surface area contributed by atoms with E-state index in [4.69, 9.17) is 0 Å². The molecule has 0 amide bonds. The summed E-state index contributed by atoms with van der Waals surface area (Å²) in [5.41, 5.74) is 2.51. The molecule has 2 aromatic rings. The SMILES string of the molecule is Cc1ccc2c(O)cccc2c1C. The lowest BCUT2D eigenvalue weighted by atomic mass is 10.0. The maximum absolute atomic E-state index is 9.59. The van der Waals surface area contributed by atoms with Gasteiger partial charge in [-0.2, -0.15) is 0 Å². The van der Waals surface area contributed by atoms with Crippen molar-refractivity contribution >= 4 is 10.8 Å². The fraction of sp³-hybridized carbons (Fsp3) is 0.167. The average molecular weight is 172 g/mol. The Morgan fingerprint density at radius 1 is 0.923 bits per heavy atom. The van der Waals surface area contributed by atoms with Crippen molar-refractivity contribution in [1.82, 2.24) is 0 Å². The molecule has 0 saturated heterocycles. The molecule has 2 rings (SSSR count). The molecule has 0 aliphatic heterocycles. The Morgan fingerprint density at radius 3 is 2.46 bits per heavy atom. The smallest absolute Gasteiger partial charge is 0.123 e. The van der Waals surface area contributed by atoms with Gasteiger partial charge < -0.3 is 5.11 Å².